The molecule has 0 aromatic carbocycles. The SMILES string of the molecule is CN1CC(=O)N(CCCCC#N)CC1=O. The fourth-order valence-electron chi connectivity index (χ4n) is 1.47. The van der Waals surface area contributed by atoms with Crippen molar-refractivity contribution in [1.29, 1.82) is 5.26 Å². The van der Waals surface area contributed by atoms with Crippen LogP contribution in [-0.4, -0.2) is 48.3 Å². The third-order valence-corrected chi connectivity index (χ3v) is 2.44. The molecule has 0 radical (unpaired) electrons. The summed E-state index contributed by atoms with van der Waals surface area (Å²) in [7, 11) is 1.63. The summed E-state index contributed by atoms with van der Waals surface area (Å²) in [5.41, 5.74) is 0. The summed E-state index contributed by atoms with van der Waals surface area (Å²) in [6.07, 6.45) is 2.08. The molecular weight excluding hydrogens is 194 g/mol. The number of hydrogen-bond acceptors (Lipinski definition) is 3. The fourth-order valence-corrected chi connectivity index (χ4v) is 1.47. The highest BCUT2D eigenvalue weighted by molar-refractivity contribution is 5.92. The zero-order chi connectivity index (χ0) is 11.3. The van der Waals surface area contributed by atoms with Gasteiger partial charge in [-0.25, -0.2) is 0 Å². The van der Waals surface area contributed by atoms with Crippen LogP contribution in [-0.2, 0) is 9.59 Å². The predicted octanol–water partition coefficient (Wildman–Crippen LogP) is -0.0191. The number of rotatable bonds is 4. The molecule has 0 atom stereocenters. The van der Waals surface area contributed by atoms with Crippen molar-refractivity contribution in [1.82, 2.24) is 9.80 Å². The molecule has 15 heavy (non-hydrogen) atoms. The van der Waals surface area contributed by atoms with Crippen LogP contribution < -0.4 is 0 Å². The van der Waals surface area contributed by atoms with Crippen molar-refractivity contribution in [3.63, 3.8) is 0 Å². The standard InChI is InChI=1S/C10H15N3O2/c1-12-7-10(15)13(8-9(12)14)6-4-2-3-5-11/h2-4,6-8H2,1H3. The number of piperazine rings is 1. The first kappa shape index (κ1) is 11.5. The first-order chi connectivity index (χ1) is 7.15. The van der Waals surface area contributed by atoms with Crippen LogP contribution in [0.25, 0.3) is 0 Å². The lowest BCUT2D eigenvalue weighted by molar-refractivity contribution is -0.148. The van der Waals surface area contributed by atoms with Crippen molar-refractivity contribution in [2.75, 3.05) is 26.7 Å². The minimum Gasteiger partial charge on any atom is -0.335 e. The van der Waals surface area contributed by atoms with Gasteiger partial charge in [0, 0.05) is 20.0 Å². The van der Waals surface area contributed by atoms with Crippen LogP contribution in [0.3, 0.4) is 0 Å². The zero-order valence-electron chi connectivity index (χ0n) is 8.90. The smallest absolute Gasteiger partial charge is 0.242 e. The van der Waals surface area contributed by atoms with Crippen LogP contribution in [0.15, 0.2) is 0 Å². The Kier molecular flexibility index (Phi) is 4.10. The Labute approximate surface area is 89.3 Å². The Hall–Kier alpha value is -1.57. The van der Waals surface area contributed by atoms with Crippen molar-refractivity contribution < 1.29 is 9.59 Å². The molecule has 1 rings (SSSR count). The Morgan fingerprint density at radius 1 is 1.27 bits per heavy atom. The molecule has 1 heterocycles. The van der Waals surface area contributed by atoms with Gasteiger partial charge < -0.3 is 9.80 Å². The van der Waals surface area contributed by atoms with Crippen LogP contribution in [0.4, 0.5) is 0 Å². The highest BCUT2D eigenvalue weighted by atomic mass is 16.2. The summed E-state index contributed by atoms with van der Waals surface area (Å²) >= 11 is 0. The van der Waals surface area contributed by atoms with E-state index in [0.29, 0.717) is 13.0 Å². The van der Waals surface area contributed by atoms with Gasteiger partial charge in [-0.15, -0.1) is 0 Å². The van der Waals surface area contributed by atoms with Crippen LogP contribution >= 0.6 is 0 Å². The molecule has 1 aliphatic rings. The van der Waals surface area contributed by atoms with E-state index >= 15 is 0 Å². The summed E-state index contributed by atoms with van der Waals surface area (Å²) in [6.45, 7) is 0.944. The monoisotopic (exact) mass is 209 g/mol. The van der Waals surface area contributed by atoms with E-state index in [0.717, 1.165) is 12.8 Å². The first-order valence-corrected chi connectivity index (χ1v) is 5.04. The van der Waals surface area contributed by atoms with E-state index in [1.54, 1.807) is 11.9 Å². The van der Waals surface area contributed by atoms with Crippen molar-refractivity contribution in [3.8, 4) is 6.07 Å². The molecule has 1 fully saturated rings. The molecule has 82 valence electrons. The number of nitriles is 1. The molecule has 1 saturated heterocycles. The molecule has 1 aliphatic heterocycles. The maximum absolute atomic E-state index is 11.5. The molecule has 0 aromatic rings. The number of likely N-dealkylation sites (N-methyl/N-ethyl adjacent to an activating group) is 1. The number of carbonyl (C=O) groups excluding carboxylic acids is 2. The van der Waals surface area contributed by atoms with Crippen LogP contribution in [0.1, 0.15) is 19.3 Å². The normalized spacial score (nSPS) is 16.8. The van der Waals surface area contributed by atoms with E-state index in [1.165, 1.54) is 4.90 Å². The van der Waals surface area contributed by atoms with Crippen LogP contribution in [0.5, 0.6) is 0 Å². The highest BCUT2D eigenvalue weighted by Gasteiger charge is 2.26. The molecule has 0 N–H and O–H groups in total. The maximum Gasteiger partial charge on any atom is 0.242 e. The van der Waals surface area contributed by atoms with Gasteiger partial charge in [-0.3, -0.25) is 9.59 Å². The largest absolute Gasteiger partial charge is 0.335 e. The summed E-state index contributed by atoms with van der Waals surface area (Å²) in [6, 6.07) is 2.05. The highest BCUT2D eigenvalue weighted by Crippen LogP contribution is 2.05. The minimum atomic E-state index is -0.0186. The third kappa shape index (κ3) is 3.24. The van der Waals surface area contributed by atoms with Crippen molar-refractivity contribution >= 4 is 11.8 Å². The van der Waals surface area contributed by atoms with Gasteiger partial charge in [-0.2, -0.15) is 5.26 Å². The van der Waals surface area contributed by atoms with E-state index in [2.05, 4.69) is 6.07 Å². The fraction of sp³-hybridized carbons (Fsp3) is 0.700. The zero-order valence-corrected chi connectivity index (χ0v) is 8.90. The number of hydrogen-bond donors (Lipinski definition) is 0. The second kappa shape index (κ2) is 5.35. The van der Waals surface area contributed by atoms with Crippen molar-refractivity contribution in [2.24, 2.45) is 0 Å². The summed E-state index contributed by atoms with van der Waals surface area (Å²) < 4.78 is 0. The Morgan fingerprint density at radius 3 is 2.67 bits per heavy atom. The van der Waals surface area contributed by atoms with Gasteiger partial charge in [0.15, 0.2) is 0 Å². The predicted molar refractivity (Wildman–Crippen MR) is 53.7 cm³/mol. The molecular formula is C10H15N3O2. The molecule has 0 bridgehead atoms. The van der Waals surface area contributed by atoms with Crippen molar-refractivity contribution in [3.05, 3.63) is 0 Å². The van der Waals surface area contributed by atoms with E-state index in [9.17, 15) is 9.59 Å². The molecule has 5 heteroatoms. The van der Waals surface area contributed by atoms with Gasteiger partial charge in [0.2, 0.25) is 11.8 Å². The molecule has 0 aromatic heterocycles. The summed E-state index contributed by atoms with van der Waals surface area (Å²) in [5.74, 6) is -0.0241. The molecule has 0 aliphatic carbocycles. The maximum atomic E-state index is 11.5. The number of amides is 2. The molecule has 0 saturated carbocycles. The molecule has 0 spiro atoms. The average molecular weight is 209 g/mol. The van der Waals surface area contributed by atoms with E-state index in [4.69, 9.17) is 5.26 Å². The quantitative estimate of drug-likeness (QED) is 0.611. The molecule has 2 amide bonds. The molecule has 5 nitrogen and oxygen atoms in total. The topological polar surface area (TPSA) is 64.4 Å². The second-order valence-electron chi connectivity index (χ2n) is 3.68. The second-order valence-corrected chi connectivity index (χ2v) is 3.68. The van der Waals surface area contributed by atoms with Crippen molar-refractivity contribution in [2.45, 2.75) is 19.3 Å². The lowest BCUT2D eigenvalue weighted by Gasteiger charge is -2.31. The first-order valence-electron chi connectivity index (χ1n) is 5.04. The lowest BCUT2D eigenvalue weighted by atomic mass is 10.2. The van der Waals surface area contributed by atoms with Gasteiger partial charge >= 0.3 is 0 Å². The van der Waals surface area contributed by atoms with E-state index in [1.807, 2.05) is 0 Å². The van der Waals surface area contributed by atoms with Gasteiger partial charge in [-0.1, -0.05) is 0 Å². The minimum absolute atomic E-state index is 0.00550. The lowest BCUT2D eigenvalue weighted by Crippen LogP contribution is -2.52. The van der Waals surface area contributed by atoms with Crippen LogP contribution in [0.2, 0.25) is 0 Å². The Bertz CT molecular complexity index is 296. The Balaban J connectivity index is 2.32. The summed E-state index contributed by atoms with van der Waals surface area (Å²) in [4.78, 5) is 25.8. The third-order valence-electron chi connectivity index (χ3n) is 2.44. The number of nitrogens with zero attached hydrogens (tertiary/aromatic N) is 3. The van der Waals surface area contributed by atoms with E-state index in [-0.39, 0.29) is 24.9 Å². The number of carbonyl (C=O) groups is 2. The van der Waals surface area contributed by atoms with Gasteiger partial charge in [0.1, 0.15) is 0 Å². The van der Waals surface area contributed by atoms with Gasteiger partial charge in [0.25, 0.3) is 0 Å². The molecule has 0 unspecified atom stereocenters. The van der Waals surface area contributed by atoms with Crippen LogP contribution in [0, 0.1) is 11.3 Å². The Morgan fingerprint density at radius 2 is 2.00 bits per heavy atom. The average Bonchev–Trinajstić information content (AvgIpc) is 2.20. The van der Waals surface area contributed by atoms with Gasteiger partial charge in [-0.05, 0) is 12.8 Å². The van der Waals surface area contributed by atoms with Gasteiger partial charge in [0.05, 0.1) is 19.2 Å². The van der Waals surface area contributed by atoms with E-state index < -0.39 is 0 Å². The number of unbranched alkanes of at least 4 members (excludes halogenated alkanes) is 2. The summed E-state index contributed by atoms with van der Waals surface area (Å²) in [5, 5.41) is 8.34.